The van der Waals surface area contributed by atoms with Gasteiger partial charge in [-0.25, -0.2) is 9.59 Å². The summed E-state index contributed by atoms with van der Waals surface area (Å²) in [4.78, 5) is 19.1. The van der Waals surface area contributed by atoms with Gasteiger partial charge in [0.15, 0.2) is 0 Å². The van der Waals surface area contributed by atoms with Gasteiger partial charge in [-0.15, -0.1) is 0 Å². The van der Waals surface area contributed by atoms with Gasteiger partial charge >= 0.3 is 20.7 Å². The van der Waals surface area contributed by atoms with Crippen molar-refractivity contribution in [2.75, 3.05) is 33.9 Å². The molecule has 0 aliphatic heterocycles. The highest BCUT2D eigenvalue weighted by molar-refractivity contribution is 6.60. The fourth-order valence-electron chi connectivity index (χ4n) is 1.41. The van der Waals surface area contributed by atoms with Gasteiger partial charge in [-0.2, -0.15) is 0 Å². The highest BCUT2D eigenvalue weighted by Crippen LogP contribution is 2.16. The lowest BCUT2D eigenvalue weighted by molar-refractivity contribution is -0.134. The predicted molar refractivity (Wildman–Crippen MR) is 86.9 cm³/mol. The van der Waals surface area contributed by atoms with Crippen LogP contribution in [-0.4, -0.2) is 64.9 Å². The molecule has 6 N–H and O–H groups in total. The predicted octanol–water partition coefficient (Wildman–Crippen LogP) is 0.0342. The van der Waals surface area contributed by atoms with Crippen LogP contribution in [0.3, 0.4) is 0 Å². The SMILES string of the molecule is CO[Si](CCCN)(OC)OCCCCN.O=C(O)/C=C\C(=O)O. The van der Waals surface area contributed by atoms with Gasteiger partial charge in [0.1, 0.15) is 0 Å². The molecule has 0 fully saturated rings. The Bertz CT molecular complexity index is 333. The molecule has 0 bridgehead atoms. The Kier molecular flexibility index (Phi) is 16.2. The van der Waals surface area contributed by atoms with E-state index in [1.54, 1.807) is 14.2 Å². The zero-order chi connectivity index (χ0) is 18.1. The molecule has 136 valence electrons. The zero-order valence-corrected chi connectivity index (χ0v) is 14.7. The first kappa shape index (κ1) is 24.0. The average Bonchev–Trinajstić information content (AvgIpc) is 2.53. The first-order chi connectivity index (χ1) is 10.9. The molecule has 0 atom stereocenters. The Balaban J connectivity index is 0. The van der Waals surface area contributed by atoms with E-state index in [-0.39, 0.29) is 0 Å². The van der Waals surface area contributed by atoms with Gasteiger partial charge in [0, 0.05) is 39.0 Å². The molecule has 0 aromatic heterocycles. The van der Waals surface area contributed by atoms with Gasteiger partial charge in [0.05, 0.1) is 0 Å². The van der Waals surface area contributed by atoms with Crippen LogP contribution in [0.2, 0.25) is 6.04 Å². The van der Waals surface area contributed by atoms with Crippen LogP contribution in [0.4, 0.5) is 0 Å². The van der Waals surface area contributed by atoms with Crippen LogP contribution < -0.4 is 11.5 Å². The Morgan fingerprint density at radius 2 is 1.43 bits per heavy atom. The summed E-state index contributed by atoms with van der Waals surface area (Å²) in [7, 11) is 0.833. The van der Waals surface area contributed by atoms with Crippen LogP contribution in [-0.2, 0) is 22.9 Å². The Labute approximate surface area is 137 Å². The van der Waals surface area contributed by atoms with Crippen LogP contribution in [0.1, 0.15) is 19.3 Å². The first-order valence-corrected chi connectivity index (χ1v) is 9.09. The summed E-state index contributed by atoms with van der Waals surface area (Å²) >= 11 is 0. The zero-order valence-electron chi connectivity index (χ0n) is 13.7. The molecule has 0 heterocycles. The maximum atomic E-state index is 9.55. The summed E-state index contributed by atoms with van der Waals surface area (Å²) in [6.45, 7) is 1.98. The van der Waals surface area contributed by atoms with Gasteiger partial charge in [-0.3, -0.25) is 0 Å². The number of hydrogen-bond acceptors (Lipinski definition) is 7. The summed E-state index contributed by atoms with van der Waals surface area (Å²) < 4.78 is 16.5. The van der Waals surface area contributed by atoms with Gasteiger partial charge in [0.2, 0.25) is 0 Å². The number of carboxylic acids is 2. The third kappa shape index (κ3) is 15.4. The van der Waals surface area contributed by atoms with Gasteiger partial charge in [0.25, 0.3) is 0 Å². The highest BCUT2D eigenvalue weighted by atomic mass is 28.4. The fourth-order valence-corrected chi connectivity index (χ4v) is 3.46. The molecule has 9 nitrogen and oxygen atoms in total. The number of rotatable bonds is 12. The van der Waals surface area contributed by atoms with E-state index in [0.29, 0.717) is 31.8 Å². The lowest BCUT2D eigenvalue weighted by Crippen LogP contribution is -2.44. The second-order valence-electron chi connectivity index (χ2n) is 4.34. The number of hydrogen-bond donors (Lipinski definition) is 4. The van der Waals surface area contributed by atoms with Crippen LogP contribution in [0.25, 0.3) is 0 Å². The van der Waals surface area contributed by atoms with Gasteiger partial charge in [-0.05, 0) is 32.4 Å². The molecule has 0 rings (SSSR count). The van der Waals surface area contributed by atoms with Crippen LogP contribution in [0.5, 0.6) is 0 Å². The molecule has 0 aromatic rings. The summed E-state index contributed by atoms with van der Waals surface area (Å²) in [5.74, 6) is -2.51. The molecule has 0 unspecified atom stereocenters. The third-order valence-electron chi connectivity index (χ3n) is 2.60. The maximum Gasteiger partial charge on any atom is 0.500 e. The van der Waals surface area contributed by atoms with Crippen molar-refractivity contribution in [3.8, 4) is 0 Å². The van der Waals surface area contributed by atoms with E-state index < -0.39 is 20.7 Å². The molecular weight excluding hydrogens is 324 g/mol. The van der Waals surface area contributed by atoms with Crippen molar-refractivity contribution < 1.29 is 33.1 Å². The topological polar surface area (TPSA) is 154 Å². The van der Waals surface area contributed by atoms with Crippen molar-refractivity contribution >= 4 is 20.7 Å². The van der Waals surface area contributed by atoms with E-state index in [1.165, 1.54) is 0 Å². The van der Waals surface area contributed by atoms with Crippen molar-refractivity contribution in [2.24, 2.45) is 11.5 Å². The molecule has 0 aliphatic rings. The molecule has 0 spiro atoms. The lowest BCUT2D eigenvalue weighted by atomic mass is 10.3. The van der Waals surface area contributed by atoms with Crippen molar-refractivity contribution in [1.82, 2.24) is 0 Å². The van der Waals surface area contributed by atoms with E-state index in [1.807, 2.05) is 0 Å². The molecule has 0 saturated heterocycles. The Morgan fingerprint density at radius 3 is 1.78 bits per heavy atom. The summed E-state index contributed by atoms with van der Waals surface area (Å²) in [5.41, 5.74) is 10.9. The minimum absolute atomic E-state index is 0.558. The molecule has 0 radical (unpaired) electrons. The maximum absolute atomic E-state index is 9.55. The normalized spacial score (nSPS) is 11.1. The molecule has 0 aromatic carbocycles. The largest absolute Gasteiger partial charge is 0.500 e. The van der Waals surface area contributed by atoms with Gasteiger partial charge < -0.3 is 35.0 Å². The third-order valence-corrected chi connectivity index (χ3v) is 5.45. The van der Waals surface area contributed by atoms with Crippen molar-refractivity contribution in [3.05, 3.63) is 12.2 Å². The summed E-state index contributed by atoms with van der Waals surface area (Å²) in [5, 5.41) is 15.6. The van der Waals surface area contributed by atoms with Crippen molar-refractivity contribution in [2.45, 2.75) is 25.3 Å². The number of aliphatic carboxylic acids is 2. The van der Waals surface area contributed by atoms with E-state index in [4.69, 9.17) is 35.0 Å². The molecule has 0 saturated carbocycles. The minimum atomic E-state index is -2.44. The van der Waals surface area contributed by atoms with Crippen LogP contribution in [0, 0.1) is 0 Å². The van der Waals surface area contributed by atoms with Gasteiger partial charge in [-0.1, -0.05) is 0 Å². The fraction of sp³-hybridized carbons (Fsp3) is 0.692. The first-order valence-electron chi connectivity index (χ1n) is 7.15. The number of carbonyl (C=O) groups is 2. The molecular formula is C13H28N2O7Si. The number of carboxylic acid groups (broad SMARTS) is 2. The van der Waals surface area contributed by atoms with E-state index in [2.05, 4.69) is 0 Å². The van der Waals surface area contributed by atoms with E-state index >= 15 is 0 Å². The quantitative estimate of drug-likeness (QED) is 0.216. The smallest absolute Gasteiger partial charge is 0.478 e. The molecule has 0 amide bonds. The molecule has 0 aliphatic carbocycles. The Morgan fingerprint density at radius 1 is 0.957 bits per heavy atom. The van der Waals surface area contributed by atoms with Crippen LogP contribution >= 0.6 is 0 Å². The van der Waals surface area contributed by atoms with Crippen molar-refractivity contribution in [1.29, 1.82) is 0 Å². The van der Waals surface area contributed by atoms with E-state index in [0.717, 1.165) is 25.3 Å². The summed E-state index contributed by atoms with van der Waals surface area (Å²) in [6.07, 6.45) is 3.89. The Hall–Kier alpha value is -1.30. The second-order valence-corrected chi connectivity index (χ2v) is 7.31. The lowest BCUT2D eigenvalue weighted by Gasteiger charge is -2.26. The van der Waals surface area contributed by atoms with Crippen molar-refractivity contribution in [3.63, 3.8) is 0 Å². The monoisotopic (exact) mass is 352 g/mol. The average molecular weight is 352 g/mol. The molecule has 10 heteroatoms. The summed E-state index contributed by atoms with van der Waals surface area (Å²) in [6, 6.07) is 0.777. The molecule has 23 heavy (non-hydrogen) atoms. The second kappa shape index (κ2) is 15.6. The highest BCUT2D eigenvalue weighted by Gasteiger charge is 2.37. The number of unbranched alkanes of at least 4 members (excludes halogenated alkanes) is 1. The standard InChI is InChI=1S/C9H24N2O3Si.C4H4O4/c1-12-15(13-2,9-5-7-11)14-8-4-3-6-10;5-3(6)1-2-4(7)8/h3-11H2,1-2H3;1-2H,(H,5,6)(H,7,8)/b;2-1-. The van der Waals surface area contributed by atoms with Crippen LogP contribution in [0.15, 0.2) is 12.2 Å². The number of nitrogens with two attached hydrogens (primary N) is 2. The van der Waals surface area contributed by atoms with E-state index in [9.17, 15) is 9.59 Å². The minimum Gasteiger partial charge on any atom is -0.478 e.